The molecule has 1 aromatic carbocycles. The van der Waals surface area contributed by atoms with Crippen molar-refractivity contribution in [3.8, 4) is 0 Å². The third-order valence-corrected chi connectivity index (χ3v) is 8.80. The van der Waals surface area contributed by atoms with Gasteiger partial charge in [0.25, 0.3) is 5.82 Å². The molecule has 0 fully saturated rings. The lowest BCUT2D eigenvalue weighted by Crippen LogP contribution is -2.37. The molecule has 2 nitrogen and oxygen atoms in total. The number of hydrogen-bond donors (Lipinski definition) is 0. The van der Waals surface area contributed by atoms with Gasteiger partial charge in [0, 0.05) is 6.42 Å². The molecule has 0 radical (unpaired) electrons. The maximum Gasteiger partial charge on any atom is 0.256 e. The van der Waals surface area contributed by atoms with E-state index in [1.165, 1.54) is 173 Å². The lowest BCUT2D eigenvalue weighted by molar-refractivity contribution is -0.704. The molecule has 0 aliphatic heterocycles. The second kappa shape index (κ2) is 25.2. The second-order valence-electron chi connectivity index (χ2n) is 12.5. The van der Waals surface area contributed by atoms with Crippen LogP contribution in [0.5, 0.6) is 0 Å². The Labute approximate surface area is 250 Å². The fraction of sp³-hybridized carbons (Fsp3) is 0.763. The Balaban J connectivity index is 1.67. The molecule has 0 saturated carbocycles. The van der Waals surface area contributed by atoms with E-state index >= 15 is 0 Å². The van der Waals surface area contributed by atoms with Crippen LogP contribution in [0.1, 0.15) is 173 Å². The predicted octanol–water partition coefficient (Wildman–Crippen LogP) is 11.6. The molecule has 0 aliphatic carbocycles. The van der Waals surface area contributed by atoms with E-state index in [1.807, 2.05) is 0 Å². The molecule has 228 valence electrons. The Hall–Kier alpha value is -1.57. The molecule has 0 amide bonds. The Morgan fingerprint density at radius 2 is 0.975 bits per heavy atom. The Morgan fingerprint density at radius 3 is 1.50 bits per heavy atom. The van der Waals surface area contributed by atoms with E-state index in [4.69, 9.17) is 0 Å². The van der Waals surface area contributed by atoms with Crippen LogP contribution in [-0.2, 0) is 25.9 Å². The van der Waals surface area contributed by atoms with Gasteiger partial charge in [0.2, 0.25) is 0 Å². The summed E-state index contributed by atoms with van der Waals surface area (Å²) >= 11 is 0. The third kappa shape index (κ3) is 17.3. The summed E-state index contributed by atoms with van der Waals surface area (Å²) in [6, 6.07) is 11.0. The number of hydrogen-bond acceptors (Lipinski definition) is 0. The van der Waals surface area contributed by atoms with Crippen molar-refractivity contribution in [3.63, 3.8) is 0 Å². The van der Waals surface area contributed by atoms with Gasteiger partial charge in [0.15, 0.2) is 0 Å². The quantitative estimate of drug-likeness (QED) is 0.0734. The van der Waals surface area contributed by atoms with Gasteiger partial charge < -0.3 is 0 Å². The minimum absolute atomic E-state index is 1.15. The number of rotatable bonds is 28. The SMILES string of the molecule is CCCCCCCCCCCCCCn1cc[n+](CCCc2ccccc2)c1CCCCCCCCCCCC. The predicted molar refractivity (Wildman–Crippen MR) is 176 cm³/mol. The van der Waals surface area contributed by atoms with E-state index in [-0.39, 0.29) is 0 Å². The molecule has 40 heavy (non-hydrogen) atoms. The largest absolute Gasteiger partial charge is 0.256 e. The van der Waals surface area contributed by atoms with Crippen molar-refractivity contribution in [2.45, 2.75) is 187 Å². The lowest BCUT2D eigenvalue weighted by atomic mass is 10.1. The van der Waals surface area contributed by atoms with Gasteiger partial charge >= 0.3 is 0 Å². The van der Waals surface area contributed by atoms with Crippen molar-refractivity contribution in [2.24, 2.45) is 0 Å². The zero-order valence-electron chi connectivity index (χ0n) is 27.0. The molecule has 0 unspecified atom stereocenters. The number of imidazole rings is 1. The lowest BCUT2D eigenvalue weighted by Gasteiger charge is -2.07. The van der Waals surface area contributed by atoms with Gasteiger partial charge in [-0.2, -0.15) is 0 Å². The average Bonchev–Trinajstić information content (AvgIpc) is 3.36. The molecular weight excluding hydrogens is 484 g/mol. The average molecular weight is 552 g/mol. The first-order valence-corrected chi connectivity index (χ1v) is 18.0. The molecule has 2 aromatic rings. The van der Waals surface area contributed by atoms with Gasteiger partial charge in [0.1, 0.15) is 12.4 Å². The van der Waals surface area contributed by atoms with Crippen LogP contribution in [0.4, 0.5) is 0 Å². The Kier molecular flexibility index (Phi) is 21.8. The summed E-state index contributed by atoms with van der Waals surface area (Å²) in [5, 5.41) is 0. The molecule has 0 N–H and O–H groups in total. The number of aromatic nitrogens is 2. The maximum atomic E-state index is 2.60. The standard InChI is InChI=1S/C38H67N2/c1-3-5-7-9-11-13-15-16-18-20-22-27-33-39-35-36-40(34-28-31-37-29-24-23-25-30-37)38(39)32-26-21-19-17-14-12-10-8-6-4-2/h23-25,29-30,35-36H,3-22,26-28,31-34H2,1-2H3/q+1. The van der Waals surface area contributed by atoms with Crippen molar-refractivity contribution in [2.75, 3.05) is 0 Å². The highest BCUT2D eigenvalue weighted by Crippen LogP contribution is 2.15. The number of aryl methyl sites for hydroxylation is 3. The first-order chi connectivity index (χ1) is 19.8. The summed E-state index contributed by atoms with van der Waals surface area (Å²) in [4.78, 5) is 0. The van der Waals surface area contributed by atoms with Crippen LogP contribution < -0.4 is 4.57 Å². The van der Waals surface area contributed by atoms with E-state index in [1.54, 1.807) is 5.82 Å². The molecule has 1 heterocycles. The monoisotopic (exact) mass is 552 g/mol. The van der Waals surface area contributed by atoms with Crippen LogP contribution in [-0.4, -0.2) is 4.57 Å². The van der Waals surface area contributed by atoms with Gasteiger partial charge in [-0.15, -0.1) is 0 Å². The van der Waals surface area contributed by atoms with Crippen LogP contribution in [0.3, 0.4) is 0 Å². The van der Waals surface area contributed by atoms with E-state index in [2.05, 4.69) is 65.7 Å². The van der Waals surface area contributed by atoms with Crippen molar-refractivity contribution in [1.82, 2.24) is 4.57 Å². The molecular formula is C38H67N2+. The summed E-state index contributed by atoms with van der Waals surface area (Å²) in [7, 11) is 0. The van der Waals surface area contributed by atoms with Crippen LogP contribution in [0.2, 0.25) is 0 Å². The summed E-state index contributed by atoms with van der Waals surface area (Å²) in [6.45, 7) is 6.96. The first-order valence-electron chi connectivity index (χ1n) is 18.0. The van der Waals surface area contributed by atoms with Crippen LogP contribution in [0.25, 0.3) is 0 Å². The van der Waals surface area contributed by atoms with Gasteiger partial charge in [-0.1, -0.05) is 166 Å². The molecule has 0 atom stereocenters. The normalized spacial score (nSPS) is 11.4. The zero-order chi connectivity index (χ0) is 28.4. The molecule has 2 heteroatoms. The number of unbranched alkanes of at least 4 members (excludes halogenated alkanes) is 20. The van der Waals surface area contributed by atoms with Gasteiger partial charge in [-0.25, -0.2) is 9.13 Å². The summed E-state index contributed by atoms with van der Waals surface area (Å²) in [6.07, 6.45) is 39.6. The third-order valence-electron chi connectivity index (χ3n) is 8.80. The Bertz CT molecular complexity index is 793. The minimum atomic E-state index is 1.15. The van der Waals surface area contributed by atoms with Gasteiger partial charge in [-0.05, 0) is 37.7 Å². The smallest absolute Gasteiger partial charge is 0.234 e. The van der Waals surface area contributed by atoms with E-state index in [9.17, 15) is 0 Å². The van der Waals surface area contributed by atoms with Crippen molar-refractivity contribution in [1.29, 1.82) is 0 Å². The van der Waals surface area contributed by atoms with Crippen molar-refractivity contribution in [3.05, 3.63) is 54.1 Å². The number of nitrogens with zero attached hydrogens (tertiary/aromatic N) is 2. The highest BCUT2D eigenvalue weighted by Gasteiger charge is 2.16. The highest BCUT2D eigenvalue weighted by molar-refractivity contribution is 5.14. The molecule has 2 rings (SSSR count). The maximum absolute atomic E-state index is 2.60. The first kappa shape index (κ1) is 34.6. The fourth-order valence-electron chi connectivity index (χ4n) is 6.18. The molecule has 0 aliphatic rings. The van der Waals surface area contributed by atoms with Gasteiger partial charge in [0.05, 0.1) is 13.1 Å². The van der Waals surface area contributed by atoms with E-state index in [0.717, 1.165) is 6.54 Å². The van der Waals surface area contributed by atoms with Crippen LogP contribution in [0.15, 0.2) is 42.7 Å². The summed E-state index contributed by atoms with van der Waals surface area (Å²) < 4.78 is 5.18. The van der Waals surface area contributed by atoms with Gasteiger partial charge in [-0.3, -0.25) is 0 Å². The van der Waals surface area contributed by atoms with E-state index < -0.39 is 0 Å². The molecule has 0 spiro atoms. The zero-order valence-corrected chi connectivity index (χ0v) is 27.0. The molecule has 0 bridgehead atoms. The van der Waals surface area contributed by atoms with E-state index in [0.29, 0.717) is 0 Å². The van der Waals surface area contributed by atoms with Crippen molar-refractivity contribution >= 4 is 0 Å². The topological polar surface area (TPSA) is 8.81 Å². The Morgan fingerprint density at radius 1 is 0.500 bits per heavy atom. The summed E-state index contributed by atoms with van der Waals surface area (Å²) in [5.74, 6) is 1.58. The fourth-order valence-corrected chi connectivity index (χ4v) is 6.18. The van der Waals surface area contributed by atoms with Crippen LogP contribution in [0, 0.1) is 0 Å². The molecule has 1 aromatic heterocycles. The second-order valence-corrected chi connectivity index (χ2v) is 12.5. The number of benzene rings is 1. The van der Waals surface area contributed by atoms with Crippen LogP contribution >= 0.6 is 0 Å². The minimum Gasteiger partial charge on any atom is -0.234 e. The summed E-state index contributed by atoms with van der Waals surface area (Å²) in [5.41, 5.74) is 1.47. The molecule has 0 saturated heterocycles. The van der Waals surface area contributed by atoms with Crippen molar-refractivity contribution < 1.29 is 4.57 Å². The highest BCUT2D eigenvalue weighted by atomic mass is 15.1.